The second kappa shape index (κ2) is 8.39. The molecule has 2 N–H and O–H groups in total. The number of hydrogen-bond donors (Lipinski definition) is 2. The maximum absolute atomic E-state index is 12.9. The third-order valence-electron chi connectivity index (χ3n) is 3.89. The molecule has 0 aliphatic rings. The number of nitrogens with one attached hydrogen (secondary N) is 2. The molecule has 2 atom stereocenters. The minimum absolute atomic E-state index is 0.121. The summed E-state index contributed by atoms with van der Waals surface area (Å²) in [6.45, 7) is 3.61. The first-order valence-corrected chi connectivity index (χ1v) is 7.90. The number of hydrogen-bond acceptors (Lipinski definition) is 3. The number of rotatable bonds is 5. The topological polar surface area (TPSA) is 67.4 Å². The van der Waals surface area contributed by atoms with Gasteiger partial charge in [-0.2, -0.15) is 0 Å². The van der Waals surface area contributed by atoms with Crippen molar-refractivity contribution in [2.45, 2.75) is 26.0 Å². The molecular formula is C19H21FN2O3. The van der Waals surface area contributed by atoms with Crippen molar-refractivity contribution >= 4 is 17.5 Å². The van der Waals surface area contributed by atoms with E-state index in [1.807, 2.05) is 13.0 Å². The van der Waals surface area contributed by atoms with E-state index in [0.717, 1.165) is 5.56 Å². The Morgan fingerprint density at radius 3 is 2.32 bits per heavy atom. The van der Waals surface area contributed by atoms with Crippen LogP contribution in [-0.2, 0) is 14.3 Å². The summed E-state index contributed by atoms with van der Waals surface area (Å²) in [4.78, 5) is 24.1. The lowest BCUT2D eigenvalue weighted by Gasteiger charge is -2.15. The zero-order chi connectivity index (χ0) is 18.4. The Balaban J connectivity index is 1.98. The molecule has 0 unspecified atom stereocenters. The molecule has 0 radical (unpaired) electrons. The van der Waals surface area contributed by atoms with Gasteiger partial charge in [-0.05, 0) is 49.2 Å². The first kappa shape index (κ1) is 18.6. The molecule has 0 aliphatic heterocycles. The molecule has 0 saturated heterocycles. The summed E-state index contributed by atoms with van der Waals surface area (Å²) in [6, 6.07) is 12.4. The third kappa shape index (κ3) is 5.12. The van der Waals surface area contributed by atoms with E-state index in [-0.39, 0.29) is 11.9 Å². The van der Waals surface area contributed by atoms with Crippen molar-refractivity contribution in [3.05, 3.63) is 65.5 Å². The van der Waals surface area contributed by atoms with E-state index >= 15 is 0 Å². The molecule has 0 saturated carbocycles. The first-order chi connectivity index (χ1) is 11.9. The Hall–Kier alpha value is -2.73. The van der Waals surface area contributed by atoms with Crippen LogP contribution in [0.2, 0.25) is 0 Å². The number of methoxy groups -OCH3 is 1. The standard InChI is InChI=1S/C19H21FN2O3/c1-12(14-7-9-16(20)10-8-14)21-18(23)19(24)22-17-6-4-5-15(11-17)13(2)25-3/h4-13H,1-3H3,(H,21,23)(H,22,24)/t12-,13-/m0/s1. The quantitative estimate of drug-likeness (QED) is 0.818. The van der Waals surface area contributed by atoms with Gasteiger partial charge in [0.25, 0.3) is 0 Å². The van der Waals surface area contributed by atoms with E-state index in [1.54, 1.807) is 44.4 Å². The second-order valence-electron chi connectivity index (χ2n) is 5.70. The van der Waals surface area contributed by atoms with Gasteiger partial charge < -0.3 is 15.4 Å². The summed E-state index contributed by atoms with van der Waals surface area (Å²) in [5.41, 5.74) is 2.11. The highest BCUT2D eigenvalue weighted by Gasteiger charge is 2.17. The van der Waals surface area contributed by atoms with Crippen molar-refractivity contribution in [2.24, 2.45) is 0 Å². The minimum atomic E-state index is -0.767. The molecule has 25 heavy (non-hydrogen) atoms. The van der Waals surface area contributed by atoms with Crippen molar-refractivity contribution in [1.82, 2.24) is 5.32 Å². The van der Waals surface area contributed by atoms with Crippen LogP contribution >= 0.6 is 0 Å². The van der Waals surface area contributed by atoms with Gasteiger partial charge >= 0.3 is 11.8 Å². The van der Waals surface area contributed by atoms with Gasteiger partial charge in [0.05, 0.1) is 12.1 Å². The van der Waals surface area contributed by atoms with Crippen LogP contribution in [0, 0.1) is 5.82 Å². The normalized spacial score (nSPS) is 13.0. The van der Waals surface area contributed by atoms with Crippen LogP contribution in [0.3, 0.4) is 0 Å². The molecule has 0 aromatic heterocycles. The van der Waals surface area contributed by atoms with Crippen LogP contribution in [0.4, 0.5) is 10.1 Å². The summed E-state index contributed by atoms with van der Waals surface area (Å²) in [6.07, 6.45) is -0.121. The molecule has 132 valence electrons. The lowest BCUT2D eigenvalue weighted by Crippen LogP contribution is -2.36. The van der Waals surface area contributed by atoms with E-state index in [1.165, 1.54) is 12.1 Å². The molecule has 0 heterocycles. The third-order valence-corrected chi connectivity index (χ3v) is 3.89. The summed E-state index contributed by atoms with van der Waals surface area (Å²) in [7, 11) is 1.60. The van der Waals surface area contributed by atoms with Crippen molar-refractivity contribution < 1.29 is 18.7 Å². The molecule has 0 fully saturated rings. The van der Waals surface area contributed by atoms with E-state index in [2.05, 4.69) is 10.6 Å². The van der Waals surface area contributed by atoms with Gasteiger partial charge in [-0.25, -0.2) is 4.39 Å². The fraction of sp³-hybridized carbons (Fsp3) is 0.263. The zero-order valence-electron chi connectivity index (χ0n) is 14.4. The number of anilines is 1. The number of carbonyl (C=O) groups excluding carboxylic acids is 2. The molecule has 2 aromatic carbocycles. The Bertz CT molecular complexity index is 747. The summed E-state index contributed by atoms with van der Waals surface area (Å²) < 4.78 is 18.2. The summed E-state index contributed by atoms with van der Waals surface area (Å²) in [5, 5.41) is 5.15. The number of benzene rings is 2. The highest BCUT2D eigenvalue weighted by molar-refractivity contribution is 6.39. The molecule has 2 rings (SSSR count). The van der Waals surface area contributed by atoms with Gasteiger partial charge in [-0.1, -0.05) is 24.3 Å². The fourth-order valence-electron chi connectivity index (χ4n) is 2.29. The highest BCUT2D eigenvalue weighted by atomic mass is 19.1. The van der Waals surface area contributed by atoms with Crippen LogP contribution in [0.15, 0.2) is 48.5 Å². The molecule has 5 nitrogen and oxygen atoms in total. The van der Waals surface area contributed by atoms with Gasteiger partial charge in [0.1, 0.15) is 5.82 Å². The largest absolute Gasteiger partial charge is 0.377 e. The number of carbonyl (C=O) groups is 2. The van der Waals surface area contributed by atoms with E-state index < -0.39 is 17.9 Å². The molecule has 2 aromatic rings. The summed E-state index contributed by atoms with van der Waals surface area (Å²) >= 11 is 0. The maximum Gasteiger partial charge on any atom is 0.313 e. The maximum atomic E-state index is 12.9. The van der Waals surface area contributed by atoms with E-state index in [4.69, 9.17) is 4.74 Å². The van der Waals surface area contributed by atoms with Crippen molar-refractivity contribution in [3.63, 3.8) is 0 Å². The molecule has 0 bridgehead atoms. The van der Waals surface area contributed by atoms with Crippen LogP contribution in [0.25, 0.3) is 0 Å². The van der Waals surface area contributed by atoms with E-state index in [9.17, 15) is 14.0 Å². The number of amides is 2. The molecule has 0 spiro atoms. The predicted molar refractivity (Wildman–Crippen MR) is 93.5 cm³/mol. The number of ether oxygens (including phenoxy) is 1. The van der Waals surface area contributed by atoms with Crippen molar-refractivity contribution in [1.29, 1.82) is 0 Å². The average Bonchev–Trinajstić information content (AvgIpc) is 2.61. The Morgan fingerprint density at radius 1 is 1.00 bits per heavy atom. The van der Waals surface area contributed by atoms with Gasteiger partial charge in [0, 0.05) is 12.8 Å². The van der Waals surface area contributed by atoms with Crippen molar-refractivity contribution in [3.8, 4) is 0 Å². The van der Waals surface area contributed by atoms with Crippen molar-refractivity contribution in [2.75, 3.05) is 12.4 Å². The predicted octanol–water partition coefficient (Wildman–Crippen LogP) is 3.35. The monoisotopic (exact) mass is 344 g/mol. The van der Waals surface area contributed by atoms with Gasteiger partial charge in [0.2, 0.25) is 0 Å². The lowest BCUT2D eigenvalue weighted by atomic mass is 10.1. The van der Waals surface area contributed by atoms with Crippen LogP contribution in [-0.4, -0.2) is 18.9 Å². The SMILES string of the molecule is CO[C@@H](C)c1cccc(NC(=O)C(=O)N[C@@H](C)c2ccc(F)cc2)c1. The molecule has 2 amide bonds. The Labute approximate surface area is 146 Å². The lowest BCUT2D eigenvalue weighted by molar-refractivity contribution is -0.136. The van der Waals surface area contributed by atoms with Gasteiger partial charge in [-0.15, -0.1) is 0 Å². The Morgan fingerprint density at radius 2 is 1.68 bits per heavy atom. The molecule has 6 heteroatoms. The summed E-state index contributed by atoms with van der Waals surface area (Å²) in [5.74, 6) is -1.89. The zero-order valence-corrected chi connectivity index (χ0v) is 14.4. The van der Waals surface area contributed by atoms with E-state index in [0.29, 0.717) is 11.3 Å². The van der Waals surface area contributed by atoms with Crippen LogP contribution < -0.4 is 10.6 Å². The number of halogens is 1. The fourth-order valence-corrected chi connectivity index (χ4v) is 2.29. The van der Waals surface area contributed by atoms with Crippen LogP contribution in [0.5, 0.6) is 0 Å². The smallest absolute Gasteiger partial charge is 0.313 e. The Kier molecular flexibility index (Phi) is 6.25. The van der Waals surface area contributed by atoms with Gasteiger partial charge in [0.15, 0.2) is 0 Å². The van der Waals surface area contributed by atoms with Gasteiger partial charge in [-0.3, -0.25) is 9.59 Å². The molecule has 0 aliphatic carbocycles. The van der Waals surface area contributed by atoms with Crippen LogP contribution in [0.1, 0.15) is 37.1 Å². The average molecular weight is 344 g/mol. The second-order valence-corrected chi connectivity index (χ2v) is 5.70. The highest BCUT2D eigenvalue weighted by Crippen LogP contribution is 2.19. The molecular weight excluding hydrogens is 323 g/mol. The minimum Gasteiger partial charge on any atom is -0.377 e. The first-order valence-electron chi connectivity index (χ1n) is 7.90.